The molecule has 1 aromatic heterocycles. The molecule has 1 saturated heterocycles. The van der Waals surface area contributed by atoms with Crippen LogP contribution < -0.4 is 14.4 Å². The van der Waals surface area contributed by atoms with E-state index in [1.807, 2.05) is 4.90 Å². The number of benzene rings is 1. The van der Waals surface area contributed by atoms with Crippen LogP contribution in [0, 0.1) is 5.95 Å². The van der Waals surface area contributed by atoms with E-state index in [0.29, 0.717) is 24.7 Å². The number of methoxy groups -OCH3 is 1. The minimum absolute atomic E-state index is 0.0404. The summed E-state index contributed by atoms with van der Waals surface area (Å²) in [5.74, 6) is -0.415. The molecule has 2 aliphatic heterocycles. The number of rotatable bonds is 5. The first-order chi connectivity index (χ1) is 13.9. The summed E-state index contributed by atoms with van der Waals surface area (Å²) in [6, 6.07) is 6.60. The molecule has 29 heavy (non-hydrogen) atoms. The minimum atomic E-state index is -3.78. The lowest BCUT2D eigenvalue weighted by molar-refractivity contribution is 0.115. The normalized spacial score (nSPS) is 20.4. The van der Waals surface area contributed by atoms with E-state index in [2.05, 4.69) is 4.98 Å². The van der Waals surface area contributed by atoms with Gasteiger partial charge in [-0.1, -0.05) is 11.6 Å². The average Bonchev–Trinajstić information content (AvgIpc) is 3.21. The van der Waals surface area contributed by atoms with Crippen molar-refractivity contribution in [3.05, 3.63) is 35.2 Å². The first-order valence-corrected chi connectivity index (χ1v) is 11.2. The van der Waals surface area contributed by atoms with E-state index in [4.69, 9.17) is 25.8 Å². The van der Waals surface area contributed by atoms with Crippen molar-refractivity contribution in [2.24, 2.45) is 0 Å². The Kier molecular flexibility index (Phi) is 5.54. The van der Waals surface area contributed by atoms with Crippen LogP contribution in [0.1, 0.15) is 12.8 Å². The number of pyridine rings is 1. The van der Waals surface area contributed by atoms with Crippen molar-refractivity contribution in [1.82, 2.24) is 4.98 Å². The predicted octanol–water partition coefficient (Wildman–Crippen LogP) is 3.45. The number of fused-ring (bicyclic) bond motifs is 1. The molecule has 0 spiro atoms. The van der Waals surface area contributed by atoms with Crippen LogP contribution >= 0.6 is 11.6 Å². The second-order valence-electron chi connectivity index (χ2n) is 6.88. The van der Waals surface area contributed by atoms with Gasteiger partial charge >= 0.3 is 0 Å². The summed E-state index contributed by atoms with van der Waals surface area (Å²) in [5, 5.41) is -0.515. The fourth-order valence-corrected chi connectivity index (χ4v) is 5.55. The monoisotopic (exact) mass is 442 g/mol. The first-order valence-electron chi connectivity index (χ1n) is 9.19. The van der Waals surface area contributed by atoms with Gasteiger partial charge in [0.2, 0.25) is 11.8 Å². The van der Waals surface area contributed by atoms with Gasteiger partial charge in [-0.2, -0.15) is 9.37 Å². The Morgan fingerprint density at radius 3 is 2.69 bits per heavy atom. The number of sulfone groups is 1. The Morgan fingerprint density at radius 1 is 1.31 bits per heavy atom. The summed E-state index contributed by atoms with van der Waals surface area (Å²) in [6.45, 7) is 1.34. The quantitative estimate of drug-likeness (QED) is 0.656. The van der Waals surface area contributed by atoms with Gasteiger partial charge in [0.25, 0.3) is 0 Å². The molecule has 0 amide bonds. The number of halogens is 2. The van der Waals surface area contributed by atoms with Crippen LogP contribution in [-0.4, -0.2) is 52.1 Å². The molecule has 7 nitrogen and oxygen atoms in total. The topological polar surface area (TPSA) is 78.0 Å². The molecular formula is C19H20ClFN2O5S. The van der Waals surface area contributed by atoms with Gasteiger partial charge in [0.15, 0.2) is 9.84 Å². The van der Waals surface area contributed by atoms with Crippen molar-refractivity contribution in [3.63, 3.8) is 0 Å². The summed E-state index contributed by atoms with van der Waals surface area (Å²) < 4.78 is 56.4. The number of anilines is 1. The molecule has 0 aliphatic carbocycles. The highest BCUT2D eigenvalue weighted by Crippen LogP contribution is 2.44. The van der Waals surface area contributed by atoms with Crippen LogP contribution in [0.25, 0.3) is 0 Å². The van der Waals surface area contributed by atoms with Gasteiger partial charge in [-0.3, -0.25) is 0 Å². The number of nitrogens with zero attached hydrogens (tertiary/aromatic N) is 2. The standard InChI is InChI=1S/C19H20ClFN2O5S/c1-26-12-4-6-13(7-5-12)28-19-16-17(15(20)18(21)22-19)29(24,25)10-8-23(16)11-14-3-2-9-27-14/h4-7,14H,2-3,8-11H2,1H3/t14-/m0/s1. The van der Waals surface area contributed by atoms with Gasteiger partial charge in [0.1, 0.15) is 27.1 Å². The first kappa shape index (κ1) is 20.2. The third-order valence-electron chi connectivity index (χ3n) is 4.98. The maximum atomic E-state index is 14.4. The zero-order valence-electron chi connectivity index (χ0n) is 15.7. The lowest BCUT2D eigenvalue weighted by atomic mass is 10.2. The van der Waals surface area contributed by atoms with Crippen LogP contribution in [0.5, 0.6) is 17.4 Å². The molecule has 0 bridgehead atoms. The van der Waals surface area contributed by atoms with Crippen molar-refractivity contribution >= 4 is 27.1 Å². The highest BCUT2D eigenvalue weighted by Gasteiger charge is 2.38. The second kappa shape index (κ2) is 7.97. The lowest BCUT2D eigenvalue weighted by Gasteiger charge is -2.33. The Labute approximate surface area is 173 Å². The molecule has 0 N–H and O–H groups in total. The molecule has 2 aromatic rings. The summed E-state index contributed by atoms with van der Waals surface area (Å²) in [4.78, 5) is 5.35. The van der Waals surface area contributed by atoms with E-state index < -0.39 is 20.8 Å². The second-order valence-corrected chi connectivity index (χ2v) is 9.30. The van der Waals surface area contributed by atoms with Gasteiger partial charge in [0.05, 0.1) is 19.0 Å². The Bertz CT molecular complexity index is 1010. The molecule has 156 valence electrons. The van der Waals surface area contributed by atoms with Crippen molar-refractivity contribution in [1.29, 1.82) is 0 Å². The number of ether oxygens (including phenoxy) is 3. The Balaban J connectivity index is 1.78. The number of hydrogen-bond donors (Lipinski definition) is 0. The maximum Gasteiger partial charge on any atom is 0.247 e. The molecule has 3 heterocycles. The van der Waals surface area contributed by atoms with Gasteiger partial charge < -0.3 is 19.1 Å². The molecule has 0 radical (unpaired) electrons. The minimum Gasteiger partial charge on any atom is -0.497 e. The summed E-state index contributed by atoms with van der Waals surface area (Å²) >= 11 is 6.05. The molecule has 0 unspecified atom stereocenters. The number of hydrogen-bond acceptors (Lipinski definition) is 7. The smallest absolute Gasteiger partial charge is 0.247 e. The van der Waals surface area contributed by atoms with Crippen LogP contribution in [-0.2, 0) is 14.6 Å². The van der Waals surface area contributed by atoms with Crippen molar-refractivity contribution < 1.29 is 27.0 Å². The molecule has 1 atom stereocenters. The SMILES string of the molecule is COc1ccc(Oc2nc(F)c(Cl)c3c2N(C[C@@H]2CCCO2)CCS3(=O)=O)cc1. The summed E-state index contributed by atoms with van der Waals surface area (Å²) in [7, 11) is -2.24. The van der Waals surface area contributed by atoms with Gasteiger partial charge in [-0.05, 0) is 37.1 Å². The van der Waals surface area contributed by atoms with E-state index in [0.717, 1.165) is 12.8 Å². The highest BCUT2D eigenvalue weighted by molar-refractivity contribution is 7.91. The largest absolute Gasteiger partial charge is 0.497 e. The molecule has 2 aliphatic rings. The lowest BCUT2D eigenvalue weighted by Crippen LogP contribution is -2.40. The summed E-state index contributed by atoms with van der Waals surface area (Å²) in [6.07, 6.45) is 1.78. The van der Waals surface area contributed by atoms with Crippen molar-refractivity contribution in [2.75, 3.05) is 37.5 Å². The van der Waals surface area contributed by atoms with Crippen LogP contribution in [0.15, 0.2) is 29.2 Å². The van der Waals surface area contributed by atoms with E-state index in [9.17, 15) is 12.8 Å². The zero-order chi connectivity index (χ0) is 20.6. The predicted molar refractivity (Wildman–Crippen MR) is 106 cm³/mol. The van der Waals surface area contributed by atoms with Crippen LogP contribution in [0.4, 0.5) is 10.1 Å². The van der Waals surface area contributed by atoms with Crippen molar-refractivity contribution in [2.45, 2.75) is 23.8 Å². The molecule has 0 saturated carbocycles. The molecule has 1 fully saturated rings. The third kappa shape index (κ3) is 3.99. The molecule has 4 rings (SSSR count). The molecule has 10 heteroatoms. The van der Waals surface area contributed by atoms with Crippen LogP contribution in [0.2, 0.25) is 5.02 Å². The van der Waals surface area contributed by atoms with Gasteiger partial charge in [-0.15, -0.1) is 0 Å². The highest BCUT2D eigenvalue weighted by atomic mass is 35.5. The molecule has 1 aromatic carbocycles. The van der Waals surface area contributed by atoms with E-state index in [1.54, 1.807) is 24.3 Å². The third-order valence-corrected chi connectivity index (χ3v) is 7.17. The fourth-order valence-electron chi connectivity index (χ4n) is 3.54. The Morgan fingerprint density at radius 2 is 2.03 bits per heavy atom. The Hall–Kier alpha value is -2.10. The molecular weight excluding hydrogens is 423 g/mol. The van der Waals surface area contributed by atoms with E-state index in [1.165, 1.54) is 7.11 Å². The average molecular weight is 443 g/mol. The van der Waals surface area contributed by atoms with E-state index >= 15 is 0 Å². The fraction of sp³-hybridized carbons (Fsp3) is 0.421. The van der Waals surface area contributed by atoms with Crippen molar-refractivity contribution in [3.8, 4) is 17.4 Å². The van der Waals surface area contributed by atoms with Gasteiger partial charge in [0, 0.05) is 19.7 Å². The van der Waals surface area contributed by atoms with Gasteiger partial charge in [-0.25, -0.2) is 8.42 Å². The maximum absolute atomic E-state index is 14.4. The van der Waals surface area contributed by atoms with Crippen LogP contribution in [0.3, 0.4) is 0 Å². The van der Waals surface area contributed by atoms with E-state index in [-0.39, 0.29) is 34.9 Å². The summed E-state index contributed by atoms with van der Waals surface area (Å²) in [5.41, 5.74) is 0.175. The zero-order valence-corrected chi connectivity index (χ0v) is 17.3. The number of aromatic nitrogens is 1.